The fourth-order valence-corrected chi connectivity index (χ4v) is 2.95. The van der Waals surface area contributed by atoms with E-state index in [0.29, 0.717) is 12.1 Å². The van der Waals surface area contributed by atoms with Gasteiger partial charge in [0, 0.05) is 47.2 Å². The molecule has 0 bridgehead atoms. The molecule has 2 aromatic heterocycles. The molecular weight excluding hydrogens is 312 g/mol. The summed E-state index contributed by atoms with van der Waals surface area (Å²) < 4.78 is 0. The molecule has 0 saturated heterocycles. The number of imidazole rings is 1. The number of hydrogen-bond acceptors (Lipinski definition) is 2. The van der Waals surface area contributed by atoms with Crippen molar-refractivity contribution in [3.05, 3.63) is 78.2 Å². The van der Waals surface area contributed by atoms with Crippen LogP contribution in [0.25, 0.3) is 22.3 Å². The van der Waals surface area contributed by atoms with Crippen molar-refractivity contribution in [3.63, 3.8) is 0 Å². The van der Waals surface area contributed by atoms with Crippen molar-refractivity contribution >= 4 is 16.8 Å². The molecule has 5 nitrogen and oxygen atoms in total. The molecule has 2 heterocycles. The zero-order chi connectivity index (χ0) is 17.1. The maximum absolute atomic E-state index is 12.3. The van der Waals surface area contributed by atoms with Gasteiger partial charge in [-0.3, -0.25) is 4.79 Å². The fourth-order valence-electron chi connectivity index (χ4n) is 2.95. The molecule has 3 N–H and O–H groups in total. The van der Waals surface area contributed by atoms with Crippen molar-refractivity contribution in [3.8, 4) is 11.4 Å². The largest absolute Gasteiger partial charge is 0.361 e. The number of aromatic amines is 2. The summed E-state index contributed by atoms with van der Waals surface area (Å²) in [6.45, 7) is 0.598. The van der Waals surface area contributed by atoms with Gasteiger partial charge in [-0.2, -0.15) is 0 Å². The van der Waals surface area contributed by atoms with Crippen LogP contribution in [0.5, 0.6) is 0 Å². The molecule has 0 unspecified atom stereocenters. The number of hydrogen-bond donors (Lipinski definition) is 3. The number of rotatable bonds is 5. The van der Waals surface area contributed by atoms with Crippen molar-refractivity contribution in [1.82, 2.24) is 20.3 Å². The Morgan fingerprint density at radius 1 is 1.04 bits per heavy atom. The van der Waals surface area contributed by atoms with Crippen LogP contribution in [0.1, 0.15) is 15.9 Å². The molecule has 0 saturated carbocycles. The third kappa shape index (κ3) is 3.17. The molecule has 2 aromatic carbocycles. The first-order chi connectivity index (χ1) is 12.3. The maximum Gasteiger partial charge on any atom is 0.251 e. The number of para-hydroxylation sites is 1. The minimum atomic E-state index is -0.0640. The normalized spacial score (nSPS) is 10.9. The smallest absolute Gasteiger partial charge is 0.251 e. The van der Waals surface area contributed by atoms with Gasteiger partial charge in [-0.1, -0.05) is 30.3 Å². The SMILES string of the molecule is O=C(NCCc1c[nH]c2ccccc12)c1ccc(-c2ncc[nH]2)cc1. The van der Waals surface area contributed by atoms with Crippen molar-refractivity contribution in [2.24, 2.45) is 0 Å². The number of fused-ring (bicyclic) bond motifs is 1. The molecule has 5 heteroatoms. The highest BCUT2D eigenvalue weighted by Crippen LogP contribution is 2.18. The van der Waals surface area contributed by atoms with Gasteiger partial charge in [0.25, 0.3) is 5.91 Å². The lowest BCUT2D eigenvalue weighted by molar-refractivity contribution is 0.0954. The first-order valence-corrected chi connectivity index (χ1v) is 8.24. The van der Waals surface area contributed by atoms with E-state index in [1.165, 1.54) is 10.9 Å². The number of amides is 1. The monoisotopic (exact) mass is 330 g/mol. The van der Waals surface area contributed by atoms with Crippen molar-refractivity contribution in [1.29, 1.82) is 0 Å². The van der Waals surface area contributed by atoms with Crippen LogP contribution in [0.3, 0.4) is 0 Å². The molecule has 0 aliphatic heterocycles. The number of carbonyl (C=O) groups is 1. The van der Waals surface area contributed by atoms with Crippen molar-refractivity contribution < 1.29 is 4.79 Å². The Labute approximate surface area is 145 Å². The second-order valence-electron chi connectivity index (χ2n) is 5.88. The Bertz CT molecular complexity index is 984. The minimum Gasteiger partial charge on any atom is -0.361 e. The predicted molar refractivity (Wildman–Crippen MR) is 98.4 cm³/mol. The van der Waals surface area contributed by atoms with Gasteiger partial charge in [0.05, 0.1) is 0 Å². The van der Waals surface area contributed by atoms with Crippen molar-refractivity contribution in [2.45, 2.75) is 6.42 Å². The summed E-state index contributed by atoms with van der Waals surface area (Å²) in [6.07, 6.45) is 6.29. The molecule has 1 amide bonds. The summed E-state index contributed by atoms with van der Waals surface area (Å²) in [5.41, 5.74) is 3.94. The molecule has 0 spiro atoms. The first kappa shape index (κ1) is 15.2. The molecule has 0 radical (unpaired) electrons. The summed E-state index contributed by atoms with van der Waals surface area (Å²) >= 11 is 0. The van der Waals surface area contributed by atoms with E-state index in [9.17, 15) is 4.79 Å². The summed E-state index contributed by atoms with van der Waals surface area (Å²) in [5.74, 6) is 0.733. The third-order valence-electron chi connectivity index (χ3n) is 4.27. The summed E-state index contributed by atoms with van der Waals surface area (Å²) in [5, 5.41) is 4.19. The van der Waals surface area contributed by atoms with Gasteiger partial charge in [0.2, 0.25) is 0 Å². The minimum absolute atomic E-state index is 0.0640. The average Bonchev–Trinajstić information content (AvgIpc) is 3.32. The third-order valence-corrected chi connectivity index (χ3v) is 4.27. The Morgan fingerprint density at radius 2 is 1.88 bits per heavy atom. The molecule has 0 aliphatic carbocycles. The highest BCUT2D eigenvalue weighted by molar-refractivity contribution is 5.94. The second-order valence-corrected chi connectivity index (χ2v) is 5.88. The Kier molecular flexibility index (Phi) is 4.04. The van der Waals surface area contributed by atoms with Crippen LogP contribution in [0, 0.1) is 0 Å². The van der Waals surface area contributed by atoms with Crippen LogP contribution < -0.4 is 5.32 Å². The standard InChI is InChI=1S/C20H18N4O/c25-20(15-7-5-14(6-8-15)19-21-11-12-22-19)23-10-9-16-13-24-18-4-2-1-3-17(16)18/h1-8,11-13,24H,9-10H2,(H,21,22)(H,23,25). The van der Waals surface area contributed by atoms with E-state index < -0.39 is 0 Å². The molecule has 0 atom stereocenters. The van der Waals surface area contributed by atoms with E-state index in [0.717, 1.165) is 23.3 Å². The zero-order valence-electron chi connectivity index (χ0n) is 13.6. The highest BCUT2D eigenvalue weighted by Gasteiger charge is 2.08. The number of benzene rings is 2. The zero-order valence-corrected chi connectivity index (χ0v) is 13.6. The van der Waals surface area contributed by atoms with Crippen LogP contribution in [0.2, 0.25) is 0 Å². The van der Waals surface area contributed by atoms with Crippen molar-refractivity contribution in [2.75, 3.05) is 6.54 Å². The quantitative estimate of drug-likeness (QED) is 0.524. The van der Waals surface area contributed by atoms with Gasteiger partial charge < -0.3 is 15.3 Å². The second kappa shape index (κ2) is 6.65. The number of carbonyl (C=O) groups excluding carboxylic acids is 1. The first-order valence-electron chi connectivity index (χ1n) is 8.24. The lowest BCUT2D eigenvalue weighted by Crippen LogP contribution is -2.25. The van der Waals surface area contributed by atoms with E-state index in [1.54, 1.807) is 12.4 Å². The van der Waals surface area contributed by atoms with Gasteiger partial charge in [-0.15, -0.1) is 0 Å². The Morgan fingerprint density at radius 3 is 2.68 bits per heavy atom. The number of H-pyrrole nitrogens is 2. The molecule has 4 rings (SSSR count). The lowest BCUT2D eigenvalue weighted by atomic mass is 10.1. The van der Waals surface area contributed by atoms with E-state index >= 15 is 0 Å². The highest BCUT2D eigenvalue weighted by atomic mass is 16.1. The average molecular weight is 330 g/mol. The van der Waals surface area contributed by atoms with Crippen LogP contribution in [0.15, 0.2) is 67.1 Å². The Hall–Kier alpha value is -3.34. The van der Waals surface area contributed by atoms with Gasteiger partial charge in [0.15, 0.2) is 0 Å². The van der Waals surface area contributed by atoms with Gasteiger partial charge >= 0.3 is 0 Å². The molecular formula is C20H18N4O. The van der Waals surface area contributed by atoms with E-state index in [4.69, 9.17) is 0 Å². The molecule has 0 aliphatic rings. The van der Waals surface area contributed by atoms with Gasteiger partial charge in [0.1, 0.15) is 5.82 Å². The van der Waals surface area contributed by atoms with Crippen LogP contribution in [0.4, 0.5) is 0 Å². The maximum atomic E-state index is 12.3. The number of nitrogens with one attached hydrogen (secondary N) is 3. The molecule has 4 aromatic rings. The van der Waals surface area contributed by atoms with Crippen LogP contribution in [-0.2, 0) is 6.42 Å². The van der Waals surface area contributed by atoms with Gasteiger partial charge in [-0.25, -0.2) is 4.98 Å². The summed E-state index contributed by atoms with van der Waals surface area (Å²) in [4.78, 5) is 22.8. The molecule has 25 heavy (non-hydrogen) atoms. The van der Waals surface area contributed by atoms with Crippen LogP contribution >= 0.6 is 0 Å². The Balaban J connectivity index is 1.37. The van der Waals surface area contributed by atoms with E-state index in [1.807, 2.05) is 42.6 Å². The molecule has 0 fully saturated rings. The van der Waals surface area contributed by atoms with E-state index in [2.05, 4.69) is 32.4 Å². The number of nitrogens with zero attached hydrogens (tertiary/aromatic N) is 1. The number of aromatic nitrogens is 3. The predicted octanol–water partition coefficient (Wildman–Crippen LogP) is 3.53. The fraction of sp³-hybridized carbons (Fsp3) is 0.100. The lowest BCUT2D eigenvalue weighted by Gasteiger charge is -2.06. The summed E-state index contributed by atoms with van der Waals surface area (Å²) in [6, 6.07) is 15.6. The topological polar surface area (TPSA) is 73.6 Å². The van der Waals surface area contributed by atoms with Gasteiger partial charge in [-0.05, 0) is 30.2 Å². The van der Waals surface area contributed by atoms with Crippen LogP contribution in [-0.4, -0.2) is 27.4 Å². The van der Waals surface area contributed by atoms with E-state index in [-0.39, 0.29) is 5.91 Å². The molecule has 124 valence electrons. The summed E-state index contributed by atoms with van der Waals surface area (Å²) in [7, 11) is 0.